The Morgan fingerprint density at radius 2 is 1.62 bits per heavy atom. The van der Waals surface area contributed by atoms with E-state index in [1.807, 2.05) is 17.3 Å². The van der Waals surface area contributed by atoms with Crippen LogP contribution in [-0.4, -0.2) is 83.8 Å². The van der Waals surface area contributed by atoms with Crippen LogP contribution in [-0.2, 0) is 16.6 Å². The summed E-state index contributed by atoms with van der Waals surface area (Å²) in [6.45, 7) is 10.3. The topological polar surface area (TPSA) is 78.8 Å². The molecule has 32 heavy (non-hydrogen) atoms. The van der Waals surface area contributed by atoms with Gasteiger partial charge in [0.1, 0.15) is 5.82 Å². The second kappa shape index (κ2) is 9.72. The Balaban J connectivity index is 1.30. The molecule has 4 rings (SSSR count). The molecule has 0 N–H and O–H groups in total. The molecular formula is C23H33N5O3S. The highest BCUT2D eigenvalue weighted by atomic mass is 32.2. The van der Waals surface area contributed by atoms with E-state index in [1.165, 1.54) is 4.31 Å². The van der Waals surface area contributed by atoms with E-state index in [-0.39, 0.29) is 10.8 Å². The van der Waals surface area contributed by atoms with Gasteiger partial charge in [-0.3, -0.25) is 9.69 Å². The summed E-state index contributed by atoms with van der Waals surface area (Å²) in [6.07, 6.45) is 5.70. The van der Waals surface area contributed by atoms with Crippen LogP contribution < -0.4 is 0 Å². The molecule has 174 valence electrons. The van der Waals surface area contributed by atoms with Gasteiger partial charge in [-0.1, -0.05) is 13.8 Å². The maximum Gasteiger partial charge on any atom is 0.253 e. The van der Waals surface area contributed by atoms with Crippen LogP contribution in [0.2, 0.25) is 0 Å². The van der Waals surface area contributed by atoms with E-state index >= 15 is 0 Å². The second-order valence-corrected chi connectivity index (χ2v) is 10.8. The number of nitrogens with zero attached hydrogens (tertiary/aromatic N) is 5. The standard InChI is InChI=1S/C23H33N5O3S/c1-19(2)22-24-9-12-26(22)16-13-25-14-17-27(18-15-25)23(29)20-5-7-21(8-6-20)32(30,31)28-10-3-4-11-28/h5-9,12,19H,3-4,10-11,13-18H2,1-2H3. The van der Waals surface area contributed by atoms with Crippen LogP contribution >= 0.6 is 0 Å². The predicted molar refractivity (Wildman–Crippen MR) is 123 cm³/mol. The Morgan fingerprint density at radius 1 is 0.969 bits per heavy atom. The van der Waals surface area contributed by atoms with Crippen LogP contribution in [0.3, 0.4) is 0 Å². The Labute approximate surface area is 190 Å². The zero-order valence-electron chi connectivity index (χ0n) is 19.0. The fourth-order valence-corrected chi connectivity index (χ4v) is 5.98. The normalized spacial score (nSPS) is 18.5. The molecule has 9 heteroatoms. The fraction of sp³-hybridized carbons (Fsp3) is 0.565. The molecule has 0 saturated carbocycles. The minimum atomic E-state index is -3.45. The molecule has 3 heterocycles. The van der Waals surface area contributed by atoms with E-state index < -0.39 is 10.0 Å². The summed E-state index contributed by atoms with van der Waals surface area (Å²) in [7, 11) is -3.45. The number of imidazole rings is 1. The minimum Gasteiger partial charge on any atom is -0.336 e. The van der Waals surface area contributed by atoms with Crippen LogP contribution in [0.15, 0.2) is 41.6 Å². The molecule has 2 aliphatic rings. The quantitative estimate of drug-likeness (QED) is 0.635. The average Bonchev–Trinajstić information content (AvgIpc) is 3.50. The lowest BCUT2D eigenvalue weighted by atomic mass is 10.2. The van der Waals surface area contributed by atoms with E-state index in [9.17, 15) is 13.2 Å². The number of sulfonamides is 1. The first-order chi connectivity index (χ1) is 15.4. The highest BCUT2D eigenvalue weighted by Gasteiger charge is 2.28. The lowest BCUT2D eigenvalue weighted by Crippen LogP contribution is -2.49. The molecule has 2 fully saturated rings. The predicted octanol–water partition coefficient (Wildman–Crippen LogP) is 2.25. The van der Waals surface area contributed by atoms with Gasteiger partial charge in [0.25, 0.3) is 5.91 Å². The molecule has 1 aromatic carbocycles. The lowest BCUT2D eigenvalue weighted by molar-refractivity contribution is 0.0633. The largest absolute Gasteiger partial charge is 0.336 e. The lowest BCUT2D eigenvalue weighted by Gasteiger charge is -2.35. The molecule has 0 bridgehead atoms. The summed E-state index contributed by atoms with van der Waals surface area (Å²) in [5.74, 6) is 1.47. The Bertz CT molecular complexity index is 1020. The van der Waals surface area contributed by atoms with Gasteiger partial charge in [-0.25, -0.2) is 13.4 Å². The Hall–Kier alpha value is -2.23. The number of hydrogen-bond acceptors (Lipinski definition) is 5. The molecule has 1 amide bonds. The molecule has 0 atom stereocenters. The van der Waals surface area contributed by atoms with Crippen molar-refractivity contribution in [1.29, 1.82) is 0 Å². The van der Waals surface area contributed by atoms with Crippen LogP contribution in [0.1, 0.15) is 48.8 Å². The highest BCUT2D eigenvalue weighted by molar-refractivity contribution is 7.89. The van der Waals surface area contributed by atoms with Crippen molar-refractivity contribution in [1.82, 2.24) is 23.7 Å². The minimum absolute atomic E-state index is 0.0357. The van der Waals surface area contributed by atoms with Crippen LogP contribution in [0.4, 0.5) is 0 Å². The summed E-state index contributed by atoms with van der Waals surface area (Å²) in [5, 5.41) is 0. The molecule has 0 radical (unpaired) electrons. The number of benzene rings is 1. The molecular weight excluding hydrogens is 426 g/mol. The van der Waals surface area contributed by atoms with Gasteiger partial charge in [0, 0.05) is 76.2 Å². The molecule has 2 aromatic rings. The van der Waals surface area contributed by atoms with Gasteiger partial charge in [0.2, 0.25) is 10.0 Å². The molecule has 0 spiro atoms. The summed E-state index contributed by atoms with van der Waals surface area (Å²) in [4.78, 5) is 21.9. The first-order valence-electron chi connectivity index (χ1n) is 11.5. The molecule has 0 unspecified atom stereocenters. The molecule has 2 saturated heterocycles. The SMILES string of the molecule is CC(C)c1nccn1CCN1CCN(C(=O)c2ccc(S(=O)(=O)N3CCCC3)cc2)CC1. The third-order valence-corrected chi connectivity index (χ3v) is 8.30. The number of carbonyl (C=O) groups excluding carboxylic acids is 1. The first kappa shape index (κ1) is 22.9. The van der Waals surface area contributed by atoms with Crippen molar-refractivity contribution in [2.24, 2.45) is 0 Å². The van der Waals surface area contributed by atoms with Crippen molar-refractivity contribution in [3.8, 4) is 0 Å². The van der Waals surface area contributed by atoms with Crippen LogP contribution in [0, 0.1) is 0 Å². The zero-order valence-corrected chi connectivity index (χ0v) is 19.8. The van der Waals surface area contributed by atoms with E-state index in [1.54, 1.807) is 24.3 Å². The molecule has 2 aliphatic heterocycles. The zero-order chi connectivity index (χ0) is 22.7. The number of piperazine rings is 1. The van der Waals surface area contributed by atoms with Gasteiger partial charge < -0.3 is 9.47 Å². The molecule has 0 aliphatic carbocycles. The number of carbonyl (C=O) groups is 1. The number of aromatic nitrogens is 2. The number of rotatable bonds is 7. The van der Waals surface area contributed by atoms with Crippen molar-refractivity contribution >= 4 is 15.9 Å². The fourth-order valence-electron chi connectivity index (χ4n) is 4.46. The molecule has 1 aromatic heterocycles. The maximum atomic E-state index is 12.9. The van der Waals surface area contributed by atoms with Crippen molar-refractivity contribution in [3.05, 3.63) is 48.0 Å². The van der Waals surface area contributed by atoms with E-state index in [0.29, 0.717) is 37.7 Å². The van der Waals surface area contributed by atoms with Crippen LogP contribution in [0.25, 0.3) is 0 Å². The Morgan fingerprint density at radius 3 is 2.25 bits per heavy atom. The average molecular weight is 460 g/mol. The van der Waals surface area contributed by atoms with Crippen molar-refractivity contribution < 1.29 is 13.2 Å². The summed E-state index contributed by atoms with van der Waals surface area (Å²) in [6, 6.07) is 6.41. The van der Waals surface area contributed by atoms with Crippen molar-refractivity contribution in [2.75, 3.05) is 45.8 Å². The number of amides is 1. The summed E-state index contributed by atoms with van der Waals surface area (Å²) in [5.41, 5.74) is 0.541. The monoisotopic (exact) mass is 459 g/mol. The maximum absolute atomic E-state index is 12.9. The van der Waals surface area contributed by atoms with Gasteiger partial charge in [0.15, 0.2) is 0 Å². The highest BCUT2D eigenvalue weighted by Crippen LogP contribution is 2.21. The second-order valence-electron chi connectivity index (χ2n) is 8.90. The van der Waals surface area contributed by atoms with E-state index in [2.05, 4.69) is 28.3 Å². The van der Waals surface area contributed by atoms with Gasteiger partial charge >= 0.3 is 0 Å². The summed E-state index contributed by atoms with van der Waals surface area (Å²) >= 11 is 0. The van der Waals surface area contributed by atoms with Gasteiger partial charge in [-0.2, -0.15) is 4.31 Å². The van der Waals surface area contributed by atoms with Gasteiger partial charge in [-0.05, 0) is 37.1 Å². The van der Waals surface area contributed by atoms with E-state index in [4.69, 9.17) is 0 Å². The number of hydrogen-bond donors (Lipinski definition) is 0. The summed E-state index contributed by atoms with van der Waals surface area (Å²) < 4.78 is 29.1. The smallest absolute Gasteiger partial charge is 0.253 e. The van der Waals surface area contributed by atoms with Crippen molar-refractivity contribution in [2.45, 2.75) is 44.0 Å². The third-order valence-electron chi connectivity index (χ3n) is 6.38. The first-order valence-corrected chi connectivity index (χ1v) is 12.9. The third kappa shape index (κ3) is 4.89. The Kier molecular flexibility index (Phi) is 6.97. The molecule has 8 nitrogen and oxygen atoms in total. The van der Waals surface area contributed by atoms with Gasteiger partial charge in [-0.15, -0.1) is 0 Å². The van der Waals surface area contributed by atoms with Crippen LogP contribution in [0.5, 0.6) is 0 Å². The van der Waals surface area contributed by atoms with Crippen molar-refractivity contribution in [3.63, 3.8) is 0 Å². The van der Waals surface area contributed by atoms with E-state index in [0.717, 1.165) is 44.8 Å². The van der Waals surface area contributed by atoms with Gasteiger partial charge in [0.05, 0.1) is 4.90 Å².